The molecule has 3 heteroatoms. The minimum absolute atomic E-state index is 0.163. The zero-order chi connectivity index (χ0) is 14.5. The van der Waals surface area contributed by atoms with E-state index in [0.29, 0.717) is 6.04 Å². The summed E-state index contributed by atoms with van der Waals surface area (Å²) in [5.74, 6) is 0. The van der Waals surface area contributed by atoms with Crippen LogP contribution >= 0.6 is 0 Å². The van der Waals surface area contributed by atoms with E-state index in [1.165, 1.54) is 37.2 Å². The molecule has 2 unspecified atom stereocenters. The van der Waals surface area contributed by atoms with E-state index in [1.807, 2.05) is 0 Å². The van der Waals surface area contributed by atoms with E-state index in [9.17, 15) is 0 Å². The van der Waals surface area contributed by atoms with Gasteiger partial charge in [-0.3, -0.25) is 0 Å². The molecule has 0 bridgehead atoms. The molecule has 0 saturated carbocycles. The second-order valence-corrected chi connectivity index (χ2v) is 6.10. The van der Waals surface area contributed by atoms with Gasteiger partial charge in [0.25, 0.3) is 0 Å². The topological polar surface area (TPSA) is 32.5 Å². The molecule has 0 aliphatic carbocycles. The average molecular weight is 275 g/mol. The Hall–Kier alpha value is -0.900. The van der Waals surface area contributed by atoms with Gasteiger partial charge in [-0.1, -0.05) is 31.2 Å². The standard InChI is InChI=1S/C17H29N3/c1-4-15-13-20(12-11-19(15)3)10-9-17(18)16-8-6-5-7-14(16)2/h5-8,15,17H,4,9-13,18H2,1-3H3. The third kappa shape index (κ3) is 3.81. The number of likely N-dealkylation sites (N-methyl/N-ethyl adjacent to an activating group) is 1. The van der Waals surface area contributed by atoms with Gasteiger partial charge in [-0.25, -0.2) is 0 Å². The number of rotatable bonds is 5. The second kappa shape index (κ2) is 7.21. The molecule has 1 saturated heterocycles. The fourth-order valence-electron chi connectivity index (χ4n) is 3.13. The van der Waals surface area contributed by atoms with Crippen LogP contribution < -0.4 is 5.73 Å². The summed E-state index contributed by atoms with van der Waals surface area (Å²) in [4.78, 5) is 5.06. The van der Waals surface area contributed by atoms with Crippen LogP contribution in [0, 0.1) is 6.92 Å². The number of aryl methyl sites for hydroxylation is 1. The zero-order valence-electron chi connectivity index (χ0n) is 13.2. The van der Waals surface area contributed by atoms with Gasteiger partial charge in [0.2, 0.25) is 0 Å². The number of hydrogen-bond donors (Lipinski definition) is 1. The monoisotopic (exact) mass is 275 g/mol. The third-order valence-electron chi connectivity index (χ3n) is 4.68. The lowest BCUT2D eigenvalue weighted by molar-refractivity contribution is 0.0911. The molecule has 0 spiro atoms. The average Bonchev–Trinajstić information content (AvgIpc) is 2.46. The van der Waals surface area contributed by atoms with Crippen molar-refractivity contribution in [3.8, 4) is 0 Å². The van der Waals surface area contributed by atoms with Crippen molar-refractivity contribution >= 4 is 0 Å². The van der Waals surface area contributed by atoms with E-state index in [0.717, 1.165) is 13.0 Å². The Morgan fingerprint density at radius 1 is 1.30 bits per heavy atom. The van der Waals surface area contributed by atoms with Crippen LogP contribution in [0.1, 0.15) is 36.9 Å². The summed E-state index contributed by atoms with van der Waals surface area (Å²) < 4.78 is 0. The van der Waals surface area contributed by atoms with Crippen LogP contribution in [0.4, 0.5) is 0 Å². The van der Waals surface area contributed by atoms with Gasteiger partial charge in [0, 0.05) is 38.3 Å². The maximum absolute atomic E-state index is 6.37. The van der Waals surface area contributed by atoms with E-state index < -0.39 is 0 Å². The number of piperazine rings is 1. The molecule has 2 rings (SSSR count). The van der Waals surface area contributed by atoms with E-state index in [4.69, 9.17) is 5.73 Å². The predicted octanol–water partition coefficient (Wildman–Crippen LogP) is 2.41. The number of nitrogens with two attached hydrogens (primary N) is 1. The SMILES string of the molecule is CCC1CN(CCC(N)c2ccccc2C)CCN1C. The number of nitrogens with zero attached hydrogens (tertiary/aromatic N) is 2. The molecule has 1 heterocycles. The van der Waals surface area contributed by atoms with Crippen LogP contribution in [0.15, 0.2) is 24.3 Å². The van der Waals surface area contributed by atoms with E-state index in [2.05, 4.69) is 55.0 Å². The van der Waals surface area contributed by atoms with Crippen LogP contribution in [0.5, 0.6) is 0 Å². The smallest absolute Gasteiger partial charge is 0.0309 e. The highest BCUT2D eigenvalue weighted by Gasteiger charge is 2.23. The summed E-state index contributed by atoms with van der Waals surface area (Å²) in [5.41, 5.74) is 8.98. The summed E-state index contributed by atoms with van der Waals surface area (Å²) in [5, 5.41) is 0. The molecule has 0 amide bonds. The minimum atomic E-state index is 0.163. The molecule has 1 aromatic rings. The Kier molecular flexibility index (Phi) is 5.58. The highest BCUT2D eigenvalue weighted by Crippen LogP contribution is 2.19. The lowest BCUT2D eigenvalue weighted by Gasteiger charge is -2.39. The molecule has 2 N–H and O–H groups in total. The molecule has 0 radical (unpaired) electrons. The van der Waals surface area contributed by atoms with Gasteiger partial charge < -0.3 is 15.5 Å². The zero-order valence-corrected chi connectivity index (χ0v) is 13.2. The lowest BCUT2D eigenvalue weighted by Crippen LogP contribution is -2.51. The van der Waals surface area contributed by atoms with Crippen LogP contribution in [0.25, 0.3) is 0 Å². The molecule has 20 heavy (non-hydrogen) atoms. The number of benzene rings is 1. The fraction of sp³-hybridized carbons (Fsp3) is 0.647. The summed E-state index contributed by atoms with van der Waals surface area (Å²) in [6.07, 6.45) is 2.28. The van der Waals surface area contributed by atoms with Crippen molar-refractivity contribution in [2.24, 2.45) is 5.73 Å². The fourth-order valence-corrected chi connectivity index (χ4v) is 3.13. The van der Waals surface area contributed by atoms with Crippen molar-refractivity contribution in [2.45, 2.75) is 38.8 Å². The van der Waals surface area contributed by atoms with Crippen LogP contribution in [0.3, 0.4) is 0 Å². The number of hydrogen-bond acceptors (Lipinski definition) is 3. The molecule has 3 nitrogen and oxygen atoms in total. The summed E-state index contributed by atoms with van der Waals surface area (Å²) in [6.45, 7) is 9.08. The maximum Gasteiger partial charge on any atom is 0.0309 e. The molecule has 0 aromatic heterocycles. The highest BCUT2D eigenvalue weighted by atomic mass is 15.3. The van der Waals surface area contributed by atoms with Crippen molar-refractivity contribution in [3.63, 3.8) is 0 Å². The molecule has 112 valence electrons. The van der Waals surface area contributed by atoms with Crippen molar-refractivity contribution < 1.29 is 0 Å². The van der Waals surface area contributed by atoms with Crippen molar-refractivity contribution in [1.29, 1.82) is 0 Å². The van der Waals surface area contributed by atoms with Gasteiger partial charge in [-0.05, 0) is 37.9 Å². The maximum atomic E-state index is 6.37. The molecule has 1 aliphatic rings. The first-order valence-corrected chi connectivity index (χ1v) is 7.85. The second-order valence-electron chi connectivity index (χ2n) is 6.10. The van der Waals surface area contributed by atoms with Gasteiger partial charge in [0.15, 0.2) is 0 Å². The van der Waals surface area contributed by atoms with Crippen molar-refractivity contribution in [1.82, 2.24) is 9.80 Å². The minimum Gasteiger partial charge on any atom is -0.324 e. The van der Waals surface area contributed by atoms with E-state index in [1.54, 1.807) is 0 Å². The third-order valence-corrected chi connectivity index (χ3v) is 4.68. The summed E-state index contributed by atoms with van der Waals surface area (Å²) >= 11 is 0. The van der Waals surface area contributed by atoms with Crippen molar-refractivity contribution in [2.75, 3.05) is 33.2 Å². The van der Waals surface area contributed by atoms with Gasteiger partial charge in [0.1, 0.15) is 0 Å². The summed E-state index contributed by atoms with van der Waals surface area (Å²) in [7, 11) is 2.24. The van der Waals surface area contributed by atoms with E-state index >= 15 is 0 Å². The predicted molar refractivity (Wildman–Crippen MR) is 85.9 cm³/mol. The van der Waals surface area contributed by atoms with Crippen molar-refractivity contribution in [3.05, 3.63) is 35.4 Å². The Morgan fingerprint density at radius 3 is 2.75 bits per heavy atom. The Labute approximate surface area is 123 Å². The molecule has 2 atom stereocenters. The molecule has 1 aliphatic heterocycles. The van der Waals surface area contributed by atoms with Gasteiger partial charge in [-0.2, -0.15) is 0 Å². The Balaban J connectivity index is 1.85. The first-order chi connectivity index (χ1) is 9.61. The van der Waals surface area contributed by atoms with Crippen LogP contribution in [-0.4, -0.2) is 49.1 Å². The van der Waals surface area contributed by atoms with Crippen LogP contribution in [-0.2, 0) is 0 Å². The first-order valence-electron chi connectivity index (χ1n) is 7.85. The highest BCUT2D eigenvalue weighted by molar-refractivity contribution is 5.28. The molecule has 1 fully saturated rings. The Morgan fingerprint density at radius 2 is 2.05 bits per heavy atom. The quantitative estimate of drug-likeness (QED) is 0.895. The van der Waals surface area contributed by atoms with Gasteiger partial charge in [-0.15, -0.1) is 0 Å². The van der Waals surface area contributed by atoms with Gasteiger partial charge in [0.05, 0.1) is 0 Å². The summed E-state index contributed by atoms with van der Waals surface area (Å²) in [6, 6.07) is 9.36. The molecule has 1 aromatic carbocycles. The van der Waals surface area contributed by atoms with E-state index in [-0.39, 0.29) is 6.04 Å². The van der Waals surface area contributed by atoms with Crippen LogP contribution in [0.2, 0.25) is 0 Å². The normalized spacial score (nSPS) is 22.9. The Bertz CT molecular complexity index is 418. The largest absolute Gasteiger partial charge is 0.324 e. The van der Waals surface area contributed by atoms with Gasteiger partial charge >= 0.3 is 0 Å². The lowest BCUT2D eigenvalue weighted by atomic mass is 9.99. The molecular formula is C17H29N3. The first kappa shape index (κ1) is 15.5. The molecular weight excluding hydrogens is 246 g/mol.